The van der Waals surface area contributed by atoms with Crippen molar-refractivity contribution in [1.29, 1.82) is 0 Å². The van der Waals surface area contributed by atoms with Gasteiger partial charge in [0.15, 0.2) is 0 Å². The summed E-state index contributed by atoms with van der Waals surface area (Å²) in [5.41, 5.74) is 2.65. The minimum Gasteiger partial charge on any atom is -0.376 e. The molecule has 1 amide bonds. The highest BCUT2D eigenvalue weighted by atomic mass is 32.2. The van der Waals surface area contributed by atoms with Gasteiger partial charge in [0.1, 0.15) is 0 Å². The average Bonchev–Trinajstić information content (AvgIpc) is 3.36. The van der Waals surface area contributed by atoms with Crippen LogP contribution in [-0.2, 0) is 21.2 Å². The predicted molar refractivity (Wildman–Crippen MR) is 129 cm³/mol. The standard InChI is InChI=1S/C24H32N4O4S/c1-2-18-5-8-21(9-6-18)33(30,31)27-22-16-19(24(29)26-17-20-4-3-15-32-20)7-10-23(22)28-13-11-25-12-14-28/h5-10,16,20,25,27H,2-4,11-15,17H2,1H3,(H,26,29)/t20-/m1/s1. The van der Waals surface area contributed by atoms with Crippen LogP contribution in [0.2, 0.25) is 0 Å². The summed E-state index contributed by atoms with van der Waals surface area (Å²) in [7, 11) is -3.81. The van der Waals surface area contributed by atoms with E-state index in [0.717, 1.165) is 63.3 Å². The van der Waals surface area contributed by atoms with Crippen LogP contribution in [-0.4, -0.2) is 59.8 Å². The lowest BCUT2D eigenvalue weighted by molar-refractivity contribution is 0.0858. The molecule has 0 unspecified atom stereocenters. The molecule has 1 atom stereocenters. The van der Waals surface area contributed by atoms with Crippen LogP contribution in [0.15, 0.2) is 47.4 Å². The van der Waals surface area contributed by atoms with Crippen LogP contribution in [0.25, 0.3) is 0 Å². The smallest absolute Gasteiger partial charge is 0.261 e. The minimum atomic E-state index is -3.81. The molecule has 2 heterocycles. The van der Waals surface area contributed by atoms with Crippen molar-refractivity contribution in [3.63, 3.8) is 0 Å². The topological polar surface area (TPSA) is 99.8 Å². The van der Waals surface area contributed by atoms with Gasteiger partial charge in [-0.3, -0.25) is 9.52 Å². The lowest BCUT2D eigenvalue weighted by atomic mass is 10.1. The molecule has 0 radical (unpaired) electrons. The van der Waals surface area contributed by atoms with E-state index >= 15 is 0 Å². The molecule has 2 aromatic rings. The van der Waals surface area contributed by atoms with Gasteiger partial charge in [0.2, 0.25) is 0 Å². The van der Waals surface area contributed by atoms with E-state index in [9.17, 15) is 13.2 Å². The van der Waals surface area contributed by atoms with Crippen LogP contribution in [0.4, 0.5) is 11.4 Å². The Balaban J connectivity index is 1.59. The molecule has 0 aliphatic carbocycles. The Hall–Kier alpha value is -2.62. The number of carbonyl (C=O) groups excluding carboxylic acids is 1. The van der Waals surface area contributed by atoms with Crippen molar-refractivity contribution >= 4 is 27.3 Å². The number of rotatable bonds is 8. The number of carbonyl (C=O) groups is 1. The predicted octanol–water partition coefficient (Wildman–Crippen LogP) is 2.37. The Labute approximate surface area is 195 Å². The molecule has 9 heteroatoms. The molecule has 178 valence electrons. The van der Waals surface area contributed by atoms with Gasteiger partial charge in [-0.05, 0) is 55.2 Å². The van der Waals surface area contributed by atoms with Crippen LogP contribution in [0.1, 0.15) is 35.7 Å². The van der Waals surface area contributed by atoms with Gasteiger partial charge in [0.05, 0.1) is 22.4 Å². The van der Waals surface area contributed by atoms with E-state index in [1.165, 1.54) is 0 Å². The number of ether oxygens (including phenoxy) is 1. The lowest BCUT2D eigenvalue weighted by Crippen LogP contribution is -2.43. The number of nitrogens with one attached hydrogen (secondary N) is 3. The largest absolute Gasteiger partial charge is 0.376 e. The number of benzene rings is 2. The summed E-state index contributed by atoms with van der Waals surface area (Å²) in [6.45, 7) is 6.34. The molecular weight excluding hydrogens is 440 g/mol. The van der Waals surface area contributed by atoms with E-state index < -0.39 is 10.0 Å². The second kappa shape index (κ2) is 10.5. The first-order valence-corrected chi connectivity index (χ1v) is 13.1. The molecule has 0 aromatic heterocycles. The van der Waals surface area contributed by atoms with E-state index in [2.05, 4.69) is 20.3 Å². The Morgan fingerprint density at radius 3 is 2.58 bits per heavy atom. The minimum absolute atomic E-state index is 0.0399. The van der Waals surface area contributed by atoms with Crippen molar-refractivity contribution in [3.8, 4) is 0 Å². The number of hydrogen-bond acceptors (Lipinski definition) is 6. The molecule has 2 fully saturated rings. The zero-order valence-corrected chi connectivity index (χ0v) is 19.8. The molecule has 0 spiro atoms. The lowest BCUT2D eigenvalue weighted by Gasteiger charge is -2.31. The first-order valence-electron chi connectivity index (χ1n) is 11.6. The van der Waals surface area contributed by atoms with Gasteiger partial charge in [-0.1, -0.05) is 19.1 Å². The van der Waals surface area contributed by atoms with Crippen LogP contribution >= 0.6 is 0 Å². The summed E-state index contributed by atoms with van der Waals surface area (Å²) in [6.07, 6.45) is 2.82. The summed E-state index contributed by atoms with van der Waals surface area (Å²) in [5.74, 6) is -0.245. The maximum Gasteiger partial charge on any atom is 0.261 e. The Morgan fingerprint density at radius 2 is 1.91 bits per heavy atom. The second-order valence-electron chi connectivity index (χ2n) is 8.42. The summed E-state index contributed by atoms with van der Waals surface area (Å²) in [4.78, 5) is 15.1. The highest BCUT2D eigenvalue weighted by Crippen LogP contribution is 2.30. The van der Waals surface area contributed by atoms with E-state index in [0.29, 0.717) is 17.8 Å². The number of sulfonamides is 1. The van der Waals surface area contributed by atoms with Crippen LogP contribution in [0.5, 0.6) is 0 Å². The van der Waals surface area contributed by atoms with Crippen LogP contribution < -0.4 is 20.3 Å². The summed E-state index contributed by atoms with van der Waals surface area (Å²) in [6, 6.07) is 12.1. The Morgan fingerprint density at radius 1 is 1.15 bits per heavy atom. The van der Waals surface area contributed by atoms with Gasteiger partial charge in [-0.2, -0.15) is 0 Å². The number of piperazine rings is 1. The molecule has 4 rings (SSSR count). The third-order valence-electron chi connectivity index (χ3n) is 6.12. The maximum absolute atomic E-state index is 13.2. The van der Waals surface area contributed by atoms with E-state index in [1.807, 2.05) is 25.1 Å². The fourth-order valence-corrected chi connectivity index (χ4v) is 5.23. The second-order valence-corrected chi connectivity index (χ2v) is 10.1. The first-order chi connectivity index (χ1) is 16.0. The summed E-state index contributed by atoms with van der Waals surface area (Å²) in [5, 5.41) is 6.22. The van der Waals surface area contributed by atoms with Crippen molar-refractivity contribution in [3.05, 3.63) is 53.6 Å². The van der Waals surface area contributed by atoms with Crippen LogP contribution in [0.3, 0.4) is 0 Å². The highest BCUT2D eigenvalue weighted by molar-refractivity contribution is 7.92. The zero-order chi connectivity index (χ0) is 23.3. The third kappa shape index (κ3) is 5.85. The van der Waals surface area contributed by atoms with Crippen molar-refractivity contribution in [2.75, 3.05) is 49.0 Å². The average molecular weight is 473 g/mol. The van der Waals surface area contributed by atoms with Crippen molar-refractivity contribution in [2.24, 2.45) is 0 Å². The molecule has 0 saturated carbocycles. The molecule has 2 saturated heterocycles. The molecular formula is C24H32N4O4S. The number of amides is 1. The fourth-order valence-electron chi connectivity index (χ4n) is 4.16. The SMILES string of the molecule is CCc1ccc(S(=O)(=O)Nc2cc(C(=O)NC[C@H]3CCCO3)ccc2N2CCNCC2)cc1. The van der Waals surface area contributed by atoms with Gasteiger partial charge in [-0.15, -0.1) is 0 Å². The quantitative estimate of drug-likeness (QED) is 0.546. The van der Waals surface area contributed by atoms with Crippen molar-refractivity contribution in [1.82, 2.24) is 10.6 Å². The zero-order valence-electron chi connectivity index (χ0n) is 19.0. The van der Waals surface area contributed by atoms with E-state index in [1.54, 1.807) is 24.3 Å². The number of aryl methyl sites for hydroxylation is 1. The Kier molecular flexibility index (Phi) is 7.52. The first kappa shape index (κ1) is 23.5. The van der Waals surface area contributed by atoms with Gasteiger partial charge in [0, 0.05) is 44.9 Å². The van der Waals surface area contributed by atoms with E-state index in [4.69, 9.17) is 4.74 Å². The summed E-state index contributed by atoms with van der Waals surface area (Å²) >= 11 is 0. The molecule has 2 aliphatic heterocycles. The fraction of sp³-hybridized carbons (Fsp3) is 0.458. The molecule has 3 N–H and O–H groups in total. The molecule has 33 heavy (non-hydrogen) atoms. The number of hydrogen-bond donors (Lipinski definition) is 3. The molecule has 2 aliphatic rings. The highest BCUT2D eigenvalue weighted by Gasteiger charge is 2.22. The monoisotopic (exact) mass is 472 g/mol. The summed E-state index contributed by atoms with van der Waals surface area (Å²) < 4.78 is 34.6. The van der Waals surface area contributed by atoms with E-state index in [-0.39, 0.29) is 16.9 Å². The molecule has 2 aromatic carbocycles. The molecule has 8 nitrogen and oxygen atoms in total. The van der Waals surface area contributed by atoms with Gasteiger partial charge in [0.25, 0.3) is 15.9 Å². The van der Waals surface area contributed by atoms with Crippen LogP contribution in [0, 0.1) is 0 Å². The third-order valence-corrected chi connectivity index (χ3v) is 7.50. The maximum atomic E-state index is 13.2. The van der Waals surface area contributed by atoms with Crippen molar-refractivity contribution < 1.29 is 17.9 Å². The van der Waals surface area contributed by atoms with Gasteiger partial charge in [-0.25, -0.2) is 8.42 Å². The van der Waals surface area contributed by atoms with Gasteiger partial charge >= 0.3 is 0 Å². The normalized spacial score (nSPS) is 18.8. The van der Waals surface area contributed by atoms with Gasteiger partial charge < -0.3 is 20.3 Å². The Bertz CT molecular complexity index is 1060. The van der Waals surface area contributed by atoms with Crippen molar-refractivity contribution in [2.45, 2.75) is 37.2 Å². The number of nitrogens with zero attached hydrogens (tertiary/aromatic N) is 1. The molecule has 0 bridgehead atoms. The number of anilines is 2.